The maximum absolute atomic E-state index is 12.7. The number of fused-ring (bicyclic) bond motifs is 1. The topological polar surface area (TPSA) is 152 Å². The molecule has 0 radical (unpaired) electrons. The van der Waals surface area contributed by atoms with Crippen molar-refractivity contribution < 1.29 is 23.1 Å². The van der Waals surface area contributed by atoms with E-state index in [1.165, 1.54) is 24.3 Å². The Balaban J connectivity index is 1.58. The molecule has 3 aromatic carbocycles. The molecule has 1 amide bonds. The molecular formula is C25H23N5O6S. The lowest BCUT2D eigenvalue weighted by Crippen LogP contribution is -2.46. The maximum Gasteiger partial charge on any atom is 0.327 e. The van der Waals surface area contributed by atoms with Crippen LogP contribution in [0, 0.1) is 0 Å². The van der Waals surface area contributed by atoms with Crippen LogP contribution < -0.4 is 15.2 Å². The van der Waals surface area contributed by atoms with Crippen molar-refractivity contribution in [2.75, 3.05) is 15.9 Å². The number of amides is 1. The molecule has 1 heterocycles. The quantitative estimate of drug-likeness (QED) is 0.341. The van der Waals surface area contributed by atoms with E-state index in [0.29, 0.717) is 16.6 Å². The number of aliphatic carboxylic acids is 1. The number of rotatable bonds is 9. The van der Waals surface area contributed by atoms with Gasteiger partial charge in [-0.3, -0.25) is 13.9 Å². The molecule has 1 aromatic heterocycles. The Labute approximate surface area is 212 Å². The van der Waals surface area contributed by atoms with E-state index in [2.05, 4.69) is 15.6 Å². The average Bonchev–Trinajstić information content (AvgIpc) is 2.87. The number of benzene rings is 3. The van der Waals surface area contributed by atoms with Crippen molar-refractivity contribution in [1.82, 2.24) is 15.0 Å². The lowest BCUT2D eigenvalue weighted by molar-refractivity contribution is -0.138. The van der Waals surface area contributed by atoms with Crippen LogP contribution in [0.15, 0.2) is 83.7 Å². The van der Waals surface area contributed by atoms with Crippen LogP contribution in [0.5, 0.6) is 0 Å². The first kappa shape index (κ1) is 25.5. The van der Waals surface area contributed by atoms with E-state index in [4.69, 9.17) is 0 Å². The van der Waals surface area contributed by atoms with E-state index in [0.717, 1.165) is 15.2 Å². The number of hydrogen-bond acceptors (Lipinski definition) is 7. The van der Waals surface area contributed by atoms with E-state index < -0.39 is 33.5 Å². The number of carbonyl (C=O) groups is 2. The third kappa shape index (κ3) is 5.81. The second kappa shape index (κ2) is 10.6. The van der Waals surface area contributed by atoms with E-state index in [-0.39, 0.29) is 24.2 Å². The van der Waals surface area contributed by atoms with Gasteiger partial charge in [-0.25, -0.2) is 17.9 Å². The van der Waals surface area contributed by atoms with Gasteiger partial charge in [-0.1, -0.05) is 35.5 Å². The third-order valence-corrected chi connectivity index (χ3v) is 6.76. The van der Waals surface area contributed by atoms with Crippen molar-refractivity contribution in [2.24, 2.45) is 0 Å². The van der Waals surface area contributed by atoms with E-state index in [9.17, 15) is 27.9 Å². The summed E-state index contributed by atoms with van der Waals surface area (Å²) in [5.74, 6) is -1.81. The highest BCUT2D eigenvalue weighted by atomic mass is 32.2. The molecule has 0 aliphatic carbocycles. The van der Waals surface area contributed by atoms with Crippen LogP contribution in [0.1, 0.15) is 16.8 Å². The highest BCUT2D eigenvalue weighted by Gasteiger charge is 2.33. The molecular weight excluding hydrogens is 498 g/mol. The highest BCUT2D eigenvalue weighted by molar-refractivity contribution is 7.92. The summed E-state index contributed by atoms with van der Waals surface area (Å²) in [6.45, 7) is -0.183. The monoisotopic (exact) mass is 521 g/mol. The summed E-state index contributed by atoms with van der Waals surface area (Å²) in [4.78, 5) is 37.4. The minimum Gasteiger partial charge on any atom is -0.480 e. The van der Waals surface area contributed by atoms with Gasteiger partial charge in [0, 0.05) is 17.8 Å². The molecule has 0 saturated heterocycles. The Kier molecular flexibility index (Phi) is 7.30. The molecule has 37 heavy (non-hydrogen) atoms. The van der Waals surface area contributed by atoms with Crippen LogP contribution in [0.2, 0.25) is 0 Å². The summed E-state index contributed by atoms with van der Waals surface area (Å²) in [6, 6.07) is 19.4. The molecule has 190 valence electrons. The number of hydrogen-bond donors (Lipinski definition) is 2. The molecule has 0 aliphatic rings. The van der Waals surface area contributed by atoms with Gasteiger partial charge in [0.1, 0.15) is 11.6 Å². The summed E-state index contributed by atoms with van der Waals surface area (Å²) in [5.41, 5.74) is 0.837. The summed E-state index contributed by atoms with van der Waals surface area (Å²) in [7, 11) is -4.06. The van der Waals surface area contributed by atoms with Gasteiger partial charge in [0.15, 0.2) is 0 Å². The van der Waals surface area contributed by atoms with Crippen molar-refractivity contribution in [3.05, 3.63) is 94.8 Å². The second-order valence-electron chi connectivity index (χ2n) is 8.20. The van der Waals surface area contributed by atoms with Crippen LogP contribution in [-0.4, -0.2) is 52.7 Å². The van der Waals surface area contributed by atoms with Crippen LogP contribution in [0.3, 0.4) is 0 Å². The van der Waals surface area contributed by atoms with Crippen molar-refractivity contribution in [3.8, 4) is 0 Å². The fraction of sp³-hybridized carbons (Fsp3) is 0.160. The van der Waals surface area contributed by atoms with Gasteiger partial charge in [-0.05, 0) is 55.0 Å². The first-order chi connectivity index (χ1) is 17.6. The fourth-order valence-electron chi connectivity index (χ4n) is 3.84. The first-order valence-corrected chi connectivity index (χ1v) is 13.0. The second-order valence-corrected chi connectivity index (χ2v) is 10.1. The van der Waals surface area contributed by atoms with E-state index in [1.54, 1.807) is 48.5 Å². The summed E-state index contributed by atoms with van der Waals surface area (Å²) in [5, 5.41) is 20.8. The number of aromatic nitrogens is 3. The Morgan fingerprint density at radius 1 is 1.00 bits per heavy atom. The fourth-order valence-corrected chi connectivity index (χ4v) is 5.00. The van der Waals surface area contributed by atoms with Gasteiger partial charge in [0.2, 0.25) is 10.0 Å². The van der Waals surface area contributed by atoms with Crippen LogP contribution >= 0.6 is 0 Å². The summed E-state index contributed by atoms with van der Waals surface area (Å²) in [6.07, 6.45) is 0.631. The highest BCUT2D eigenvalue weighted by Crippen LogP contribution is 2.24. The number of para-hydroxylation sites is 1. The molecule has 1 atom stereocenters. The van der Waals surface area contributed by atoms with Crippen molar-refractivity contribution in [3.63, 3.8) is 0 Å². The Bertz CT molecular complexity index is 1600. The molecule has 0 aliphatic heterocycles. The number of carbonyl (C=O) groups excluding carboxylic acids is 1. The zero-order valence-electron chi connectivity index (χ0n) is 19.7. The summed E-state index contributed by atoms with van der Waals surface area (Å²) < 4.78 is 27.1. The first-order valence-electron chi connectivity index (χ1n) is 11.2. The van der Waals surface area contributed by atoms with E-state index >= 15 is 0 Å². The maximum atomic E-state index is 12.7. The minimum atomic E-state index is -4.06. The van der Waals surface area contributed by atoms with Crippen LogP contribution in [0.4, 0.5) is 11.4 Å². The number of sulfonamides is 1. The largest absolute Gasteiger partial charge is 0.480 e. The smallest absolute Gasteiger partial charge is 0.327 e. The van der Waals surface area contributed by atoms with Gasteiger partial charge in [-0.2, -0.15) is 0 Å². The minimum absolute atomic E-state index is 0.0584. The van der Waals surface area contributed by atoms with Crippen molar-refractivity contribution in [1.29, 1.82) is 0 Å². The lowest BCUT2D eigenvalue weighted by Gasteiger charge is -2.29. The van der Waals surface area contributed by atoms with Crippen LogP contribution in [-0.2, 0) is 21.4 Å². The standard InChI is InChI=1S/C25H23N5O6S/c1-37(35,36)30(19-13-11-17(12-14-19)23(31)26-18-7-3-2-4-8-18)22(25(33)34)15-16-29-24(32)20-9-5-6-10-21(20)27-28-29/h2-14,22H,15-16H2,1H3,(H,26,31)(H,33,34). The molecule has 0 saturated carbocycles. The molecule has 1 unspecified atom stereocenters. The Morgan fingerprint density at radius 3 is 2.30 bits per heavy atom. The number of anilines is 2. The van der Waals surface area contributed by atoms with Crippen molar-refractivity contribution >= 4 is 44.2 Å². The van der Waals surface area contributed by atoms with Gasteiger partial charge in [0.05, 0.1) is 17.3 Å². The van der Waals surface area contributed by atoms with Gasteiger partial charge < -0.3 is 10.4 Å². The lowest BCUT2D eigenvalue weighted by atomic mass is 10.1. The van der Waals surface area contributed by atoms with Crippen molar-refractivity contribution in [2.45, 2.75) is 19.0 Å². The molecule has 0 bridgehead atoms. The zero-order chi connectivity index (χ0) is 26.6. The molecule has 11 nitrogen and oxygen atoms in total. The normalized spacial score (nSPS) is 12.1. The predicted octanol–water partition coefficient (Wildman–Crippen LogP) is 2.35. The predicted molar refractivity (Wildman–Crippen MR) is 138 cm³/mol. The van der Waals surface area contributed by atoms with Gasteiger partial charge in [0.25, 0.3) is 11.5 Å². The Morgan fingerprint density at radius 2 is 1.65 bits per heavy atom. The molecule has 0 fully saturated rings. The number of nitrogens with one attached hydrogen (secondary N) is 1. The number of carboxylic acid groups (broad SMARTS) is 1. The number of carboxylic acids is 1. The number of nitrogens with zero attached hydrogens (tertiary/aromatic N) is 4. The SMILES string of the molecule is CS(=O)(=O)N(c1ccc(C(=O)Nc2ccccc2)cc1)C(CCn1nnc2ccccc2c1=O)C(=O)O. The zero-order valence-corrected chi connectivity index (χ0v) is 20.5. The molecule has 4 rings (SSSR count). The van der Waals surface area contributed by atoms with Gasteiger partial charge >= 0.3 is 5.97 Å². The molecule has 12 heteroatoms. The summed E-state index contributed by atoms with van der Waals surface area (Å²) >= 11 is 0. The third-order valence-electron chi connectivity index (χ3n) is 5.58. The van der Waals surface area contributed by atoms with E-state index in [1.807, 2.05) is 6.07 Å². The van der Waals surface area contributed by atoms with Crippen LogP contribution in [0.25, 0.3) is 10.9 Å². The number of aryl methyl sites for hydroxylation is 1. The van der Waals surface area contributed by atoms with Gasteiger partial charge in [-0.15, -0.1) is 5.10 Å². The average molecular weight is 522 g/mol. The molecule has 4 aromatic rings. The Hall–Kier alpha value is -4.58. The molecule has 2 N–H and O–H groups in total. The molecule has 0 spiro atoms.